The number of carbonyl (C=O) groups is 1. The number of nitro groups is 1. The van der Waals surface area contributed by atoms with Crippen molar-refractivity contribution in [1.29, 1.82) is 0 Å². The Hall–Kier alpha value is -2.89. The lowest BCUT2D eigenvalue weighted by Crippen LogP contribution is -2.37. The summed E-state index contributed by atoms with van der Waals surface area (Å²) < 4.78 is 5.63. The topological polar surface area (TPSA) is 81.5 Å². The minimum Gasteiger partial charge on any atom is -0.491 e. The molecule has 0 saturated heterocycles. The highest BCUT2D eigenvalue weighted by Crippen LogP contribution is 2.21. The zero-order valence-electron chi connectivity index (χ0n) is 13.9. The van der Waals surface area contributed by atoms with E-state index in [1.165, 1.54) is 12.1 Å². The molecule has 6 nitrogen and oxygen atoms in total. The lowest BCUT2D eigenvalue weighted by molar-refractivity contribution is -0.385. The van der Waals surface area contributed by atoms with Gasteiger partial charge in [0, 0.05) is 17.2 Å². The summed E-state index contributed by atoms with van der Waals surface area (Å²) in [5.74, 6) is 0.379. The Balaban J connectivity index is 1.97. The SMILES string of the molecule is Cc1ccc(OC[C@@H](C)NC(=O)c2cccc([N+](=O)[O-])c2C)cc1. The van der Waals surface area contributed by atoms with Crippen molar-refractivity contribution in [3.63, 3.8) is 0 Å². The van der Waals surface area contributed by atoms with E-state index in [2.05, 4.69) is 5.32 Å². The Bertz CT molecular complexity index is 741. The van der Waals surface area contributed by atoms with Crippen LogP contribution in [0.3, 0.4) is 0 Å². The first kappa shape index (κ1) is 17.5. The highest BCUT2D eigenvalue weighted by atomic mass is 16.6. The fraction of sp³-hybridized carbons (Fsp3) is 0.278. The van der Waals surface area contributed by atoms with Gasteiger partial charge in [0.2, 0.25) is 0 Å². The van der Waals surface area contributed by atoms with E-state index < -0.39 is 4.92 Å². The zero-order chi connectivity index (χ0) is 17.7. The lowest BCUT2D eigenvalue weighted by atomic mass is 10.1. The molecule has 2 aromatic carbocycles. The minimum absolute atomic E-state index is 0.0637. The number of hydrogen-bond acceptors (Lipinski definition) is 4. The van der Waals surface area contributed by atoms with Crippen molar-refractivity contribution in [2.75, 3.05) is 6.61 Å². The van der Waals surface area contributed by atoms with Gasteiger partial charge in [0.05, 0.1) is 11.0 Å². The highest BCUT2D eigenvalue weighted by Gasteiger charge is 2.19. The third kappa shape index (κ3) is 4.32. The molecule has 126 valence electrons. The van der Waals surface area contributed by atoms with Gasteiger partial charge in [-0.1, -0.05) is 23.8 Å². The second-order valence-corrected chi connectivity index (χ2v) is 5.71. The van der Waals surface area contributed by atoms with Crippen molar-refractivity contribution >= 4 is 11.6 Å². The molecular weight excluding hydrogens is 308 g/mol. The van der Waals surface area contributed by atoms with Gasteiger partial charge in [-0.05, 0) is 39.0 Å². The maximum atomic E-state index is 12.3. The second-order valence-electron chi connectivity index (χ2n) is 5.71. The van der Waals surface area contributed by atoms with Crippen LogP contribution in [0.1, 0.15) is 28.4 Å². The Morgan fingerprint density at radius 2 is 1.88 bits per heavy atom. The van der Waals surface area contributed by atoms with E-state index in [9.17, 15) is 14.9 Å². The molecular formula is C18H20N2O4. The van der Waals surface area contributed by atoms with E-state index in [-0.39, 0.29) is 17.6 Å². The van der Waals surface area contributed by atoms with Gasteiger partial charge in [-0.2, -0.15) is 0 Å². The first-order valence-corrected chi connectivity index (χ1v) is 7.63. The van der Waals surface area contributed by atoms with Crippen LogP contribution in [0.4, 0.5) is 5.69 Å². The summed E-state index contributed by atoms with van der Waals surface area (Å²) in [4.78, 5) is 22.8. The summed E-state index contributed by atoms with van der Waals surface area (Å²) in [7, 11) is 0. The predicted octanol–water partition coefficient (Wildman–Crippen LogP) is 3.41. The van der Waals surface area contributed by atoms with E-state index in [0.29, 0.717) is 17.7 Å². The predicted molar refractivity (Wildman–Crippen MR) is 91.4 cm³/mol. The van der Waals surface area contributed by atoms with Crippen molar-refractivity contribution in [2.45, 2.75) is 26.8 Å². The molecule has 24 heavy (non-hydrogen) atoms. The standard InChI is InChI=1S/C18H20N2O4/c1-12-7-9-15(10-8-12)24-11-13(2)19-18(21)16-5-4-6-17(14(16)3)20(22)23/h4-10,13H,11H2,1-3H3,(H,19,21)/t13-/m1/s1. The molecule has 0 aliphatic heterocycles. The van der Waals surface area contributed by atoms with Crippen molar-refractivity contribution in [3.8, 4) is 5.75 Å². The summed E-state index contributed by atoms with van der Waals surface area (Å²) in [6.45, 7) is 5.69. The maximum absolute atomic E-state index is 12.3. The van der Waals surface area contributed by atoms with Crippen LogP contribution in [-0.4, -0.2) is 23.5 Å². The van der Waals surface area contributed by atoms with Gasteiger partial charge < -0.3 is 10.1 Å². The van der Waals surface area contributed by atoms with E-state index in [4.69, 9.17) is 4.74 Å². The summed E-state index contributed by atoms with van der Waals surface area (Å²) in [5.41, 5.74) is 1.73. The maximum Gasteiger partial charge on any atom is 0.273 e. The van der Waals surface area contributed by atoms with Gasteiger partial charge in [-0.25, -0.2) is 0 Å². The number of benzene rings is 2. The Morgan fingerprint density at radius 1 is 1.21 bits per heavy atom. The van der Waals surface area contributed by atoms with E-state index >= 15 is 0 Å². The van der Waals surface area contributed by atoms with Crippen LogP contribution in [0, 0.1) is 24.0 Å². The Labute approximate surface area is 140 Å². The van der Waals surface area contributed by atoms with Gasteiger partial charge in [-0.15, -0.1) is 0 Å². The number of ether oxygens (including phenoxy) is 1. The van der Waals surface area contributed by atoms with Crippen LogP contribution in [0.25, 0.3) is 0 Å². The Kier molecular flexibility index (Phi) is 5.52. The number of nitro benzene ring substituents is 1. The van der Waals surface area contributed by atoms with Gasteiger partial charge in [0.15, 0.2) is 0 Å². The average Bonchev–Trinajstić information content (AvgIpc) is 2.54. The third-order valence-electron chi connectivity index (χ3n) is 3.65. The third-order valence-corrected chi connectivity index (χ3v) is 3.65. The molecule has 1 amide bonds. The lowest BCUT2D eigenvalue weighted by Gasteiger charge is -2.16. The summed E-state index contributed by atoms with van der Waals surface area (Å²) in [5, 5.41) is 13.8. The molecule has 0 saturated carbocycles. The van der Waals surface area contributed by atoms with Crippen LogP contribution >= 0.6 is 0 Å². The average molecular weight is 328 g/mol. The molecule has 0 aromatic heterocycles. The molecule has 0 heterocycles. The largest absolute Gasteiger partial charge is 0.491 e. The fourth-order valence-electron chi connectivity index (χ4n) is 2.27. The van der Waals surface area contributed by atoms with Crippen LogP contribution in [0.15, 0.2) is 42.5 Å². The van der Waals surface area contributed by atoms with Crippen LogP contribution in [0.5, 0.6) is 5.75 Å². The number of aryl methyl sites for hydroxylation is 1. The number of amides is 1. The first-order chi connectivity index (χ1) is 11.4. The normalized spacial score (nSPS) is 11.6. The molecule has 1 N–H and O–H groups in total. The number of nitrogens with one attached hydrogen (secondary N) is 1. The van der Waals surface area contributed by atoms with E-state index in [1.807, 2.05) is 38.1 Å². The van der Waals surface area contributed by atoms with Crippen molar-refractivity contribution < 1.29 is 14.5 Å². The summed E-state index contributed by atoms with van der Waals surface area (Å²) >= 11 is 0. The number of nitrogens with zero attached hydrogens (tertiary/aromatic N) is 1. The quantitative estimate of drug-likeness (QED) is 0.651. The molecule has 6 heteroatoms. The summed E-state index contributed by atoms with van der Waals surface area (Å²) in [6, 6.07) is 11.9. The molecule has 2 rings (SSSR count). The molecule has 0 bridgehead atoms. The first-order valence-electron chi connectivity index (χ1n) is 7.63. The number of hydrogen-bond donors (Lipinski definition) is 1. The van der Waals surface area contributed by atoms with Crippen molar-refractivity contribution in [1.82, 2.24) is 5.32 Å². The summed E-state index contributed by atoms with van der Waals surface area (Å²) in [6.07, 6.45) is 0. The molecule has 0 aliphatic rings. The van der Waals surface area contributed by atoms with Gasteiger partial charge >= 0.3 is 0 Å². The number of rotatable bonds is 6. The monoisotopic (exact) mass is 328 g/mol. The van der Waals surface area contributed by atoms with E-state index in [0.717, 1.165) is 11.3 Å². The van der Waals surface area contributed by atoms with Crippen LogP contribution < -0.4 is 10.1 Å². The zero-order valence-corrected chi connectivity index (χ0v) is 13.9. The Morgan fingerprint density at radius 3 is 2.50 bits per heavy atom. The van der Waals surface area contributed by atoms with Crippen LogP contribution in [0.2, 0.25) is 0 Å². The fourth-order valence-corrected chi connectivity index (χ4v) is 2.27. The molecule has 2 aromatic rings. The van der Waals surface area contributed by atoms with Gasteiger partial charge in [0.25, 0.3) is 11.6 Å². The van der Waals surface area contributed by atoms with E-state index in [1.54, 1.807) is 13.0 Å². The molecule has 0 aliphatic carbocycles. The highest BCUT2D eigenvalue weighted by molar-refractivity contribution is 5.96. The molecule has 0 spiro atoms. The molecule has 0 radical (unpaired) electrons. The van der Waals surface area contributed by atoms with Crippen LogP contribution in [-0.2, 0) is 0 Å². The van der Waals surface area contributed by atoms with Gasteiger partial charge in [0.1, 0.15) is 12.4 Å². The second kappa shape index (κ2) is 7.59. The molecule has 0 unspecified atom stereocenters. The van der Waals surface area contributed by atoms with Crippen molar-refractivity contribution in [3.05, 3.63) is 69.3 Å². The molecule has 0 fully saturated rings. The minimum atomic E-state index is -0.490. The molecule has 1 atom stereocenters. The van der Waals surface area contributed by atoms with Gasteiger partial charge in [-0.3, -0.25) is 14.9 Å². The number of carbonyl (C=O) groups excluding carboxylic acids is 1. The van der Waals surface area contributed by atoms with Crippen molar-refractivity contribution in [2.24, 2.45) is 0 Å². The smallest absolute Gasteiger partial charge is 0.273 e.